The molecule has 4 rings (SSSR count). The van der Waals surface area contributed by atoms with Crippen molar-refractivity contribution in [2.45, 2.75) is 50.5 Å². The molecule has 0 aromatic heterocycles. The Kier molecular flexibility index (Phi) is 6.58. The number of aryl methyl sites for hydroxylation is 2. The first-order chi connectivity index (χ1) is 15.3. The average molecular weight is 457 g/mol. The molecule has 0 N–H and O–H groups in total. The molecule has 6 nitrogen and oxygen atoms in total. The van der Waals surface area contributed by atoms with E-state index in [-0.39, 0.29) is 22.8 Å². The maximum absolute atomic E-state index is 13.4. The van der Waals surface area contributed by atoms with Gasteiger partial charge in [0.15, 0.2) is 0 Å². The molecular formula is C25H32N2O4S. The van der Waals surface area contributed by atoms with Gasteiger partial charge in [-0.1, -0.05) is 18.2 Å². The van der Waals surface area contributed by atoms with E-state index < -0.39 is 10.0 Å². The molecule has 2 aromatic rings. The maximum atomic E-state index is 13.4. The Morgan fingerprint density at radius 1 is 0.938 bits per heavy atom. The van der Waals surface area contributed by atoms with Crippen LogP contribution in [0.25, 0.3) is 0 Å². The molecule has 2 saturated heterocycles. The maximum Gasteiger partial charge on any atom is 0.243 e. The summed E-state index contributed by atoms with van der Waals surface area (Å²) in [6.07, 6.45) is 3.11. The van der Waals surface area contributed by atoms with Crippen LogP contribution in [0.5, 0.6) is 5.75 Å². The quantitative estimate of drug-likeness (QED) is 0.680. The topological polar surface area (TPSA) is 66.9 Å². The van der Waals surface area contributed by atoms with Gasteiger partial charge in [0.05, 0.1) is 18.0 Å². The van der Waals surface area contributed by atoms with E-state index in [2.05, 4.69) is 32.0 Å². The number of hydrogen-bond donors (Lipinski definition) is 0. The Bertz CT molecular complexity index is 1070. The minimum atomic E-state index is -3.56. The second-order valence-corrected chi connectivity index (χ2v) is 10.8. The highest BCUT2D eigenvalue weighted by Crippen LogP contribution is 2.36. The van der Waals surface area contributed by atoms with E-state index in [1.54, 1.807) is 31.4 Å². The van der Waals surface area contributed by atoms with Gasteiger partial charge in [0.2, 0.25) is 15.9 Å². The lowest BCUT2D eigenvalue weighted by atomic mass is 9.94. The van der Waals surface area contributed by atoms with Crippen molar-refractivity contribution in [3.63, 3.8) is 0 Å². The van der Waals surface area contributed by atoms with Crippen LogP contribution in [-0.2, 0) is 14.8 Å². The zero-order valence-corrected chi connectivity index (χ0v) is 19.9. The summed E-state index contributed by atoms with van der Waals surface area (Å²) in [5.41, 5.74) is 3.72. The third kappa shape index (κ3) is 4.41. The molecule has 7 heteroatoms. The summed E-state index contributed by atoms with van der Waals surface area (Å²) < 4.78 is 32.6. The molecule has 2 aliphatic rings. The predicted molar refractivity (Wildman–Crippen MR) is 124 cm³/mol. The molecule has 0 spiro atoms. The molecule has 32 heavy (non-hydrogen) atoms. The van der Waals surface area contributed by atoms with Crippen molar-refractivity contribution >= 4 is 15.9 Å². The van der Waals surface area contributed by atoms with Crippen molar-refractivity contribution in [3.8, 4) is 5.75 Å². The zero-order chi connectivity index (χ0) is 22.9. The molecule has 2 fully saturated rings. The Balaban J connectivity index is 1.42. The first-order valence-corrected chi connectivity index (χ1v) is 12.8. The number of amides is 1. The fourth-order valence-corrected chi connectivity index (χ4v) is 6.29. The summed E-state index contributed by atoms with van der Waals surface area (Å²) in [6.45, 7) is 5.73. The monoisotopic (exact) mass is 456 g/mol. The fourth-order valence-electron chi connectivity index (χ4n) is 4.82. The molecule has 2 aliphatic heterocycles. The van der Waals surface area contributed by atoms with Gasteiger partial charge in [-0.3, -0.25) is 4.79 Å². The van der Waals surface area contributed by atoms with Gasteiger partial charge in [-0.05, 0) is 80.5 Å². The number of rotatable bonds is 5. The third-order valence-corrected chi connectivity index (χ3v) is 8.86. The van der Waals surface area contributed by atoms with E-state index in [9.17, 15) is 13.2 Å². The SMILES string of the molecule is COc1ccc(S(=O)(=O)N2CCC(C(=O)N3CCCC3c3ccc(C)c(C)c3)CC2)cc1. The van der Waals surface area contributed by atoms with E-state index in [4.69, 9.17) is 4.74 Å². The van der Waals surface area contributed by atoms with E-state index >= 15 is 0 Å². The van der Waals surface area contributed by atoms with Gasteiger partial charge in [0.25, 0.3) is 0 Å². The Labute approximate surface area is 191 Å². The highest BCUT2D eigenvalue weighted by molar-refractivity contribution is 7.89. The summed E-state index contributed by atoms with van der Waals surface area (Å²) in [4.78, 5) is 15.7. The molecule has 0 saturated carbocycles. The molecule has 1 atom stereocenters. The van der Waals surface area contributed by atoms with Crippen LogP contribution in [0.3, 0.4) is 0 Å². The second kappa shape index (κ2) is 9.24. The van der Waals surface area contributed by atoms with E-state index in [0.717, 1.165) is 19.4 Å². The number of hydrogen-bond acceptors (Lipinski definition) is 4. The van der Waals surface area contributed by atoms with Gasteiger partial charge in [0.1, 0.15) is 5.75 Å². The third-order valence-electron chi connectivity index (χ3n) is 6.95. The standard InChI is InChI=1S/C25H32N2O4S/c1-18-6-7-21(17-19(18)2)24-5-4-14-27(24)25(28)20-12-15-26(16-13-20)32(29,30)23-10-8-22(31-3)9-11-23/h6-11,17,20,24H,4-5,12-16H2,1-3H3. The number of ether oxygens (including phenoxy) is 1. The smallest absolute Gasteiger partial charge is 0.243 e. The molecule has 1 unspecified atom stereocenters. The van der Waals surface area contributed by atoms with E-state index in [1.165, 1.54) is 21.0 Å². The first-order valence-electron chi connectivity index (χ1n) is 11.3. The van der Waals surface area contributed by atoms with Crippen molar-refractivity contribution in [2.24, 2.45) is 5.92 Å². The molecule has 1 amide bonds. The van der Waals surface area contributed by atoms with Gasteiger partial charge < -0.3 is 9.64 Å². The summed E-state index contributed by atoms with van der Waals surface area (Å²) in [7, 11) is -2.01. The van der Waals surface area contributed by atoms with Crippen LogP contribution in [0.2, 0.25) is 0 Å². The molecular weight excluding hydrogens is 424 g/mol. The number of likely N-dealkylation sites (tertiary alicyclic amines) is 1. The number of sulfonamides is 1. The largest absolute Gasteiger partial charge is 0.497 e. The van der Waals surface area contributed by atoms with Crippen LogP contribution in [0.4, 0.5) is 0 Å². The van der Waals surface area contributed by atoms with Crippen LogP contribution in [0.1, 0.15) is 48.4 Å². The Morgan fingerprint density at radius 2 is 1.62 bits per heavy atom. The summed E-state index contributed by atoms with van der Waals surface area (Å²) >= 11 is 0. The average Bonchev–Trinajstić information content (AvgIpc) is 3.30. The molecule has 172 valence electrons. The number of piperidine rings is 1. The predicted octanol–water partition coefficient (Wildman–Crippen LogP) is 4.08. The van der Waals surface area contributed by atoms with Crippen molar-refractivity contribution in [1.82, 2.24) is 9.21 Å². The van der Waals surface area contributed by atoms with Crippen LogP contribution in [0.15, 0.2) is 47.4 Å². The van der Waals surface area contributed by atoms with Gasteiger partial charge >= 0.3 is 0 Å². The lowest BCUT2D eigenvalue weighted by Crippen LogP contribution is -2.44. The molecule has 2 aromatic carbocycles. The normalized spacial score (nSPS) is 20.5. The number of nitrogens with zero attached hydrogens (tertiary/aromatic N) is 2. The molecule has 0 aliphatic carbocycles. The minimum Gasteiger partial charge on any atom is -0.497 e. The van der Waals surface area contributed by atoms with Crippen molar-refractivity contribution in [3.05, 3.63) is 59.2 Å². The molecule has 0 bridgehead atoms. The van der Waals surface area contributed by atoms with Crippen LogP contribution in [0, 0.1) is 19.8 Å². The number of carbonyl (C=O) groups is 1. The highest BCUT2D eigenvalue weighted by Gasteiger charge is 2.37. The van der Waals surface area contributed by atoms with Crippen molar-refractivity contribution < 1.29 is 17.9 Å². The van der Waals surface area contributed by atoms with Gasteiger partial charge in [-0.15, -0.1) is 0 Å². The second-order valence-electron chi connectivity index (χ2n) is 8.89. The molecule has 0 radical (unpaired) electrons. The van der Waals surface area contributed by atoms with Gasteiger partial charge in [0, 0.05) is 25.6 Å². The fraction of sp³-hybridized carbons (Fsp3) is 0.480. The van der Waals surface area contributed by atoms with Crippen molar-refractivity contribution in [2.75, 3.05) is 26.7 Å². The lowest BCUT2D eigenvalue weighted by molar-refractivity contribution is -0.137. The van der Waals surface area contributed by atoms with E-state index in [1.807, 2.05) is 4.90 Å². The minimum absolute atomic E-state index is 0.121. The van der Waals surface area contributed by atoms with Gasteiger partial charge in [-0.25, -0.2) is 8.42 Å². The lowest BCUT2D eigenvalue weighted by Gasteiger charge is -2.34. The Morgan fingerprint density at radius 3 is 2.25 bits per heavy atom. The highest BCUT2D eigenvalue weighted by atomic mass is 32.2. The van der Waals surface area contributed by atoms with E-state index in [0.29, 0.717) is 31.7 Å². The Hall–Kier alpha value is -2.38. The van der Waals surface area contributed by atoms with Crippen LogP contribution < -0.4 is 4.74 Å². The van der Waals surface area contributed by atoms with Gasteiger partial charge in [-0.2, -0.15) is 4.31 Å². The van der Waals surface area contributed by atoms with Crippen LogP contribution >= 0.6 is 0 Å². The van der Waals surface area contributed by atoms with Crippen molar-refractivity contribution in [1.29, 1.82) is 0 Å². The zero-order valence-electron chi connectivity index (χ0n) is 19.1. The number of methoxy groups -OCH3 is 1. The summed E-state index contributed by atoms with van der Waals surface area (Å²) in [5, 5.41) is 0. The number of benzene rings is 2. The summed E-state index contributed by atoms with van der Waals surface area (Å²) in [6, 6.07) is 13.1. The van der Waals surface area contributed by atoms with Crippen LogP contribution in [-0.4, -0.2) is 50.3 Å². The molecule has 2 heterocycles. The summed E-state index contributed by atoms with van der Waals surface area (Å²) in [5.74, 6) is 0.675. The first kappa shape index (κ1) is 22.8. The number of carbonyl (C=O) groups excluding carboxylic acids is 1.